The summed E-state index contributed by atoms with van der Waals surface area (Å²) in [5.41, 5.74) is 2.09. The molecule has 1 amide bonds. The third-order valence-electron chi connectivity index (χ3n) is 4.33. The summed E-state index contributed by atoms with van der Waals surface area (Å²) in [6.45, 7) is -1.50. The number of carbonyl (C=O) groups excluding carboxylic acids is 1. The number of halogens is 2. The van der Waals surface area contributed by atoms with E-state index in [4.69, 9.17) is 5.11 Å². The van der Waals surface area contributed by atoms with Gasteiger partial charge in [0.05, 0.1) is 6.61 Å². The van der Waals surface area contributed by atoms with Gasteiger partial charge in [0, 0.05) is 19.3 Å². The van der Waals surface area contributed by atoms with Crippen LogP contribution in [0.3, 0.4) is 0 Å². The molecule has 7 heteroatoms. The zero-order valence-electron chi connectivity index (χ0n) is 13.1. The Morgan fingerprint density at radius 2 is 1.96 bits per heavy atom. The maximum atomic E-state index is 12.5. The first kappa shape index (κ1) is 16.6. The SMILES string of the molecule is O=C(c1ccn(C(F)F)n1)N1CC[C@H](Cc2ccc(CO)cc2)C1. The molecule has 0 bridgehead atoms. The number of hydrogen-bond donors (Lipinski definition) is 1. The van der Waals surface area contributed by atoms with E-state index in [0.29, 0.717) is 23.7 Å². The van der Waals surface area contributed by atoms with Crippen molar-refractivity contribution in [1.82, 2.24) is 14.7 Å². The zero-order valence-corrected chi connectivity index (χ0v) is 13.1. The first-order valence-electron chi connectivity index (χ1n) is 7.88. The normalized spacial score (nSPS) is 17.7. The lowest BCUT2D eigenvalue weighted by Crippen LogP contribution is -2.29. The van der Waals surface area contributed by atoms with Crippen LogP contribution in [0.4, 0.5) is 8.78 Å². The number of hydrogen-bond acceptors (Lipinski definition) is 3. The van der Waals surface area contributed by atoms with Crippen molar-refractivity contribution >= 4 is 5.91 Å². The molecule has 128 valence electrons. The first-order valence-corrected chi connectivity index (χ1v) is 7.88. The van der Waals surface area contributed by atoms with Crippen LogP contribution in [0.15, 0.2) is 36.5 Å². The summed E-state index contributed by atoms with van der Waals surface area (Å²) >= 11 is 0. The van der Waals surface area contributed by atoms with Gasteiger partial charge in [0.15, 0.2) is 5.69 Å². The predicted molar refractivity (Wildman–Crippen MR) is 83.6 cm³/mol. The summed E-state index contributed by atoms with van der Waals surface area (Å²) in [6.07, 6.45) is 2.85. The molecule has 1 fully saturated rings. The number of nitrogens with zero attached hydrogens (tertiary/aromatic N) is 3. The van der Waals surface area contributed by atoms with E-state index in [9.17, 15) is 13.6 Å². The molecule has 3 rings (SSSR count). The van der Waals surface area contributed by atoms with E-state index in [2.05, 4.69) is 5.10 Å². The van der Waals surface area contributed by atoms with Gasteiger partial charge in [-0.05, 0) is 36.0 Å². The highest BCUT2D eigenvalue weighted by Crippen LogP contribution is 2.23. The van der Waals surface area contributed by atoms with Crippen molar-refractivity contribution in [2.75, 3.05) is 13.1 Å². The van der Waals surface area contributed by atoms with E-state index in [1.165, 1.54) is 6.07 Å². The number of aliphatic hydroxyl groups excluding tert-OH is 1. The molecule has 0 unspecified atom stereocenters. The number of amides is 1. The van der Waals surface area contributed by atoms with E-state index >= 15 is 0 Å². The van der Waals surface area contributed by atoms with Crippen molar-refractivity contribution in [1.29, 1.82) is 0 Å². The molecule has 1 aliphatic heterocycles. The molecule has 0 aliphatic carbocycles. The number of benzene rings is 1. The average Bonchev–Trinajstić information content (AvgIpc) is 3.24. The van der Waals surface area contributed by atoms with Gasteiger partial charge in [0.2, 0.25) is 0 Å². The fourth-order valence-corrected chi connectivity index (χ4v) is 3.02. The Kier molecular flexibility index (Phi) is 4.89. The maximum absolute atomic E-state index is 12.5. The minimum Gasteiger partial charge on any atom is -0.392 e. The number of rotatable bonds is 5. The predicted octanol–water partition coefficient (Wildman–Crippen LogP) is 2.48. The minimum atomic E-state index is -2.74. The second kappa shape index (κ2) is 7.09. The summed E-state index contributed by atoms with van der Waals surface area (Å²) in [5.74, 6) is 0.0404. The topological polar surface area (TPSA) is 58.4 Å². The van der Waals surface area contributed by atoms with Crippen LogP contribution in [-0.2, 0) is 13.0 Å². The third-order valence-corrected chi connectivity index (χ3v) is 4.33. The molecule has 2 heterocycles. The monoisotopic (exact) mass is 335 g/mol. The van der Waals surface area contributed by atoms with Crippen LogP contribution in [0.2, 0.25) is 0 Å². The Bertz CT molecular complexity index is 700. The smallest absolute Gasteiger partial charge is 0.333 e. The van der Waals surface area contributed by atoms with Gasteiger partial charge < -0.3 is 10.0 Å². The Morgan fingerprint density at radius 1 is 1.25 bits per heavy atom. The fourth-order valence-electron chi connectivity index (χ4n) is 3.02. The van der Waals surface area contributed by atoms with E-state index in [1.54, 1.807) is 4.90 Å². The van der Waals surface area contributed by atoms with Crippen molar-refractivity contribution < 1.29 is 18.7 Å². The van der Waals surface area contributed by atoms with Gasteiger partial charge in [-0.1, -0.05) is 24.3 Å². The molecular formula is C17H19F2N3O2. The molecule has 2 aromatic rings. The standard InChI is InChI=1S/C17H19F2N3O2/c18-17(19)22-8-6-15(20-22)16(24)21-7-5-14(10-21)9-12-1-3-13(11-23)4-2-12/h1-4,6,8,14,17,23H,5,7,9-11H2/t14-/m1/s1. The molecule has 24 heavy (non-hydrogen) atoms. The molecule has 0 saturated carbocycles. The van der Waals surface area contributed by atoms with Gasteiger partial charge in [-0.25, -0.2) is 4.68 Å². The quantitative estimate of drug-likeness (QED) is 0.913. The van der Waals surface area contributed by atoms with Crippen LogP contribution in [0.1, 0.15) is 34.6 Å². The highest BCUT2D eigenvalue weighted by molar-refractivity contribution is 5.92. The molecule has 1 atom stereocenters. The van der Waals surface area contributed by atoms with Crippen molar-refractivity contribution in [3.05, 3.63) is 53.3 Å². The van der Waals surface area contributed by atoms with Gasteiger partial charge in [-0.2, -0.15) is 13.9 Å². The van der Waals surface area contributed by atoms with E-state index in [1.807, 2.05) is 24.3 Å². The van der Waals surface area contributed by atoms with Gasteiger partial charge in [0.25, 0.3) is 5.91 Å². The molecule has 1 saturated heterocycles. The Labute approximate surface area is 138 Å². The lowest BCUT2D eigenvalue weighted by molar-refractivity contribution is 0.0553. The Morgan fingerprint density at radius 3 is 2.58 bits per heavy atom. The second-order valence-corrected chi connectivity index (χ2v) is 6.04. The second-order valence-electron chi connectivity index (χ2n) is 6.04. The minimum absolute atomic E-state index is 0.0251. The fraction of sp³-hybridized carbons (Fsp3) is 0.412. The van der Waals surface area contributed by atoms with E-state index < -0.39 is 6.55 Å². The lowest BCUT2D eigenvalue weighted by atomic mass is 9.98. The number of carbonyl (C=O) groups is 1. The lowest BCUT2D eigenvalue weighted by Gasteiger charge is -2.15. The van der Waals surface area contributed by atoms with Gasteiger partial charge >= 0.3 is 6.55 Å². The molecule has 1 N–H and O–H groups in total. The number of likely N-dealkylation sites (tertiary alicyclic amines) is 1. The summed E-state index contributed by atoms with van der Waals surface area (Å²) in [5, 5.41) is 12.7. The molecule has 5 nitrogen and oxygen atoms in total. The first-order chi connectivity index (χ1) is 11.6. The molecule has 0 spiro atoms. The summed E-state index contributed by atoms with van der Waals surface area (Å²) in [4.78, 5) is 14.0. The maximum Gasteiger partial charge on any atom is 0.333 e. The summed E-state index contributed by atoms with van der Waals surface area (Å²) in [7, 11) is 0. The van der Waals surface area contributed by atoms with Crippen LogP contribution in [0.5, 0.6) is 0 Å². The number of alkyl halides is 2. The highest BCUT2D eigenvalue weighted by Gasteiger charge is 2.28. The molecule has 0 radical (unpaired) electrons. The summed E-state index contributed by atoms with van der Waals surface area (Å²) < 4.78 is 25.6. The van der Waals surface area contributed by atoms with Gasteiger partial charge in [-0.3, -0.25) is 4.79 Å². The van der Waals surface area contributed by atoms with Crippen LogP contribution >= 0.6 is 0 Å². The summed E-state index contributed by atoms with van der Waals surface area (Å²) in [6, 6.07) is 9.09. The molecule has 1 aromatic carbocycles. The zero-order chi connectivity index (χ0) is 17.1. The Balaban J connectivity index is 1.58. The van der Waals surface area contributed by atoms with Crippen molar-refractivity contribution in [2.45, 2.75) is 26.0 Å². The van der Waals surface area contributed by atoms with Crippen LogP contribution in [-0.4, -0.2) is 38.8 Å². The number of aromatic nitrogens is 2. The molecule has 1 aromatic heterocycles. The Hall–Kier alpha value is -2.28. The van der Waals surface area contributed by atoms with Crippen LogP contribution < -0.4 is 0 Å². The van der Waals surface area contributed by atoms with Crippen molar-refractivity contribution in [3.63, 3.8) is 0 Å². The van der Waals surface area contributed by atoms with Crippen LogP contribution in [0.25, 0.3) is 0 Å². The van der Waals surface area contributed by atoms with Gasteiger partial charge in [0.1, 0.15) is 0 Å². The van der Waals surface area contributed by atoms with E-state index in [0.717, 1.165) is 30.2 Å². The van der Waals surface area contributed by atoms with Crippen molar-refractivity contribution in [3.8, 4) is 0 Å². The molecule has 1 aliphatic rings. The van der Waals surface area contributed by atoms with Crippen molar-refractivity contribution in [2.24, 2.45) is 5.92 Å². The van der Waals surface area contributed by atoms with Gasteiger partial charge in [-0.15, -0.1) is 0 Å². The average molecular weight is 335 g/mol. The largest absolute Gasteiger partial charge is 0.392 e. The van der Waals surface area contributed by atoms with E-state index in [-0.39, 0.29) is 18.2 Å². The molecular weight excluding hydrogens is 316 g/mol. The highest BCUT2D eigenvalue weighted by atomic mass is 19.3. The van der Waals surface area contributed by atoms with Crippen LogP contribution in [0, 0.1) is 5.92 Å². The third kappa shape index (κ3) is 3.62. The number of aliphatic hydroxyl groups is 1.